The number of amides is 1. The molecule has 0 atom stereocenters. The number of nitrogens with one attached hydrogen (secondary N) is 3. The Bertz CT molecular complexity index is 849. The zero-order valence-electron chi connectivity index (χ0n) is 13.4. The first kappa shape index (κ1) is 16.7. The number of hydrogen-bond acceptors (Lipinski definition) is 2. The van der Waals surface area contributed by atoms with Gasteiger partial charge in [-0.1, -0.05) is 60.7 Å². The van der Waals surface area contributed by atoms with Gasteiger partial charge in [-0.15, -0.1) is 0 Å². The van der Waals surface area contributed by atoms with Crippen molar-refractivity contribution in [3.05, 3.63) is 90.5 Å². The third-order valence-corrected chi connectivity index (χ3v) is 3.78. The molecule has 3 aromatic rings. The lowest BCUT2D eigenvalue weighted by Crippen LogP contribution is -2.43. The van der Waals surface area contributed by atoms with E-state index in [-0.39, 0.29) is 5.91 Å². The molecule has 3 rings (SSSR count). The summed E-state index contributed by atoms with van der Waals surface area (Å²) in [4.78, 5) is 12.2. The molecule has 0 unspecified atom stereocenters. The van der Waals surface area contributed by atoms with Gasteiger partial charge >= 0.3 is 0 Å². The lowest BCUT2D eigenvalue weighted by molar-refractivity contribution is 0.0944. The van der Waals surface area contributed by atoms with E-state index in [9.17, 15) is 4.79 Å². The molecular weight excluding hydrogens is 330 g/mol. The lowest BCUT2D eigenvalue weighted by atomic mass is 10.0. The van der Waals surface area contributed by atoms with E-state index >= 15 is 0 Å². The highest BCUT2D eigenvalue weighted by molar-refractivity contribution is 7.80. The number of para-hydroxylation sites is 1. The molecule has 0 fully saturated rings. The van der Waals surface area contributed by atoms with E-state index in [1.807, 2.05) is 72.8 Å². The van der Waals surface area contributed by atoms with Gasteiger partial charge in [0.1, 0.15) is 0 Å². The van der Waals surface area contributed by atoms with Crippen molar-refractivity contribution in [2.45, 2.75) is 0 Å². The Hall–Kier alpha value is -3.18. The number of carbonyl (C=O) groups is 1. The van der Waals surface area contributed by atoms with Gasteiger partial charge in [0.15, 0.2) is 5.11 Å². The fraction of sp³-hybridized carbons (Fsp3) is 0. The molecule has 25 heavy (non-hydrogen) atoms. The van der Waals surface area contributed by atoms with Gasteiger partial charge in [0.2, 0.25) is 0 Å². The van der Waals surface area contributed by atoms with Crippen LogP contribution in [0.1, 0.15) is 10.4 Å². The van der Waals surface area contributed by atoms with Gasteiger partial charge in [0.05, 0.1) is 0 Å². The molecular formula is C20H17N3OS. The normalized spacial score (nSPS) is 9.92. The molecule has 0 radical (unpaired) electrons. The van der Waals surface area contributed by atoms with Crippen LogP contribution in [0.4, 0.5) is 5.69 Å². The van der Waals surface area contributed by atoms with E-state index in [4.69, 9.17) is 12.2 Å². The van der Waals surface area contributed by atoms with Gasteiger partial charge in [-0.05, 0) is 47.6 Å². The molecule has 5 heteroatoms. The summed E-state index contributed by atoms with van der Waals surface area (Å²) in [6.07, 6.45) is 0. The minimum Gasteiger partial charge on any atom is -0.331 e. The van der Waals surface area contributed by atoms with Crippen LogP contribution >= 0.6 is 12.2 Å². The van der Waals surface area contributed by atoms with Crippen LogP contribution in [0.15, 0.2) is 84.9 Å². The highest BCUT2D eigenvalue weighted by Gasteiger charge is 2.06. The van der Waals surface area contributed by atoms with Crippen molar-refractivity contribution in [3.8, 4) is 11.1 Å². The second kappa shape index (κ2) is 8.08. The summed E-state index contributed by atoms with van der Waals surface area (Å²) in [6.45, 7) is 0. The van der Waals surface area contributed by atoms with Gasteiger partial charge in [0.25, 0.3) is 5.91 Å². The Morgan fingerprint density at radius 3 is 1.88 bits per heavy atom. The molecule has 0 heterocycles. The molecule has 3 aromatic carbocycles. The third kappa shape index (κ3) is 4.65. The second-order valence-electron chi connectivity index (χ2n) is 5.34. The fourth-order valence-corrected chi connectivity index (χ4v) is 2.48. The average molecular weight is 347 g/mol. The van der Waals surface area contributed by atoms with Gasteiger partial charge < -0.3 is 5.32 Å². The van der Waals surface area contributed by atoms with Crippen molar-refractivity contribution >= 4 is 28.9 Å². The summed E-state index contributed by atoms with van der Waals surface area (Å²) in [5, 5.41) is 3.30. The van der Waals surface area contributed by atoms with Crippen molar-refractivity contribution in [3.63, 3.8) is 0 Å². The van der Waals surface area contributed by atoms with Crippen LogP contribution < -0.4 is 16.2 Å². The molecule has 4 nitrogen and oxygen atoms in total. The molecule has 0 bridgehead atoms. The number of rotatable bonds is 3. The minimum atomic E-state index is -0.253. The Morgan fingerprint density at radius 1 is 0.680 bits per heavy atom. The fourth-order valence-electron chi connectivity index (χ4n) is 2.31. The van der Waals surface area contributed by atoms with Crippen LogP contribution in [-0.2, 0) is 0 Å². The Morgan fingerprint density at radius 2 is 1.24 bits per heavy atom. The third-order valence-electron chi connectivity index (χ3n) is 3.58. The van der Waals surface area contributed by atoms with Crippen LogP contribution in [0.5, 0.6) is 0 Å². The van der Waals surface area contributed by atoms with E-state index in [2.05, 4.69) is 16.2 Å². The van der Waals surface area contributed by atoms with Crippen molar-refractivity contribution in [2.75, 3.05) is 5.32 Å². The maximum absolute atomic E-state index is 12.2. The quantitative estimate of drug-likeness (QED) is 0.495. The summed E-state index contributed by atoms with van der Waals surface area (Å²) in [6, 6.07) is 26.9. The number of anilines is 1. The topological polar surface area (TPSA) is 53.2 Å². The number of benzene rings is 3. The Kier molecular flexibility index (Phi) is 5.39. The molecule has 3 N–H and O–H groups in total. The van der Waals surface area contributed by atoms with Gasteiger partial charge in [-0.25, -0.2) is 0 Å². The number of thiocarbonyl (C=S) groups is 1. The predicted molar refractivity (Wildman–Crippen MR) is 105 cm³/mol. The smallest absolute Gasteiger partial charge is 0.269 e. The summed E-state index contributed by atoms with van der Waals surface area (Å²) in [5.41, 5.74) is 8.85. The van der Waals surface area contributed by atoms with Crippen LogP contribution in [0.2, 0.25) is 0 Å². The van der Waals surface area contributed by atoms with E-state index in [1.165, 1.54) is 0 Å². The van der Waals surface area contributed by atoms with Crippen LogP contribution in [-0.4, -0.2) is 11.0 Å². The summed E-state index contributed by atoms with van der Waals surface area (Å²) < 4.78 is 0. The molecule has 0 saturated carbocycles. The van der Waals surface area contributed by atoms with E-state index in [1.54, 1.807) is 12.1 Å². The Labute approximate surface area is 151 Å². The van der Waals surface area contributed by atoms with Crippen LogP contribution in [0.3, 0.4) is 0 Å². The lowest BCUT2D eigenvalue weighted by Gasteiger charge is -2.11. The first-order valence-corrected chi connectivity index (χ1v) is 8.21. The zero-order valence-corrected chi connectivity index (χ0v) is 14.2. The highest BCUT2D eigenvalue weighted by Crippen LogP contribution is 2.19. The van der Waals surface area contributed by atoms with Crippen LogP contribution in [0.25, 0.3) is 11.1 Å². The van der Waals surface area contributed by atoms with Gasteiger partial charge in [-0.3, -0.25) is 15.6 Å². The molecule has 0 saturated heterocycles. The van der Waals surface area contributed by atoms with Crippen molar-refractivity contribution in [1.29, 1.82) is 0 Å². The van der Waals surface area contributed by atoms with Gasteiger partial charge in [-0.2, -0.15) is 0 Å². The summed E-state index contributed by atoms with van der Waals surface area (Å²) in [5.74, 6) is -0.253. The van der Waals surface area contributed by atoms with Gasteiger partial charge in [0, 0.05) is 11.3 Å². The first-order chi connectivity index (χ1) is 12.2. The second-order valence-corrected chi connectivity index (χ2v) is 5.75. The van der Waals surface area contributed by atoms with E-state index < -0.39 is 0 Å². The molecule has 0 aliphatic rings. The number of hydrazine groups is 1. The average Bonchev–Trinajstić information content (AvgIpc) is 2.68. The van der Waals surface area contributed by atoms with Crippen LogP contribution in [0, 0.1) is 0 Å². The standard InChI is InChI=1S/C20H17N3OS/c24-19(22-23-20(25)21-18-9-5-2-6-10-18)17-13-11-16(12-14-17)15-7-3-1-4-8-15/h1-14H,(H,22,24)(H2,21,23,25). The molecule has 0 aromatic heterocycles. The maximum atomic E-state index is 12.2. The van der Waals surface area contributed by atoms with E-state index in [0.717, 1.165) is 16.8 Å². The highest BCUT2D eigenvalue weighted by atomic mass is 32.1. The predicted octanol–water partition coefficient (Wildman–Crippen LogP) is 3.99. The maximum Gasteiger partial charge on any atom is 0.269 e. The Balaban J connectivity index is 1.55. The molecule has 0 aliphatic carbocycles. The van der Waals surface area contributed by atoms with E-state index in [0.29, 0.717) is 10.7 Å². The molecule has 0 spiro atoms. The SMILES string of the molecule is O=C(NNC(=S)Nc1ccccc1)c1ccc(-c2ccccc2)cc1. The largest absolute Gasteiger partial charge is 0.331 e. The first-order valence-electron chi connectivity index (χ1n) is 7.80. The zero-order chi connectivity index (χ0) is 17.5. The van der Waals surface area contributed by atoms with Crippen molar-refractivity contribution < 1.29 is 4.79 Å². The number of hydrogen-bond donors (Lipinski definition) is 3. The van der Waals surface area contributed by atoms with Crippen molar-refractivity contribution in [1.82, 2.24) is 10.9 Å². The summed E-state index contributed by atoms with van der Waals surface area (Å²) >= 11 is 5.15. The monoisotopic (exact) mass is 347 g/mol. The molecule has 0 aliphatic heterocycles. The molecule has 124 valence electrons. The minimum absolute atomic E-state index is 0.253. The molecule has 1 amide bonds. The number of carbonyl (C=O) groups excluding carboxylic acids is 1. The summed E-state index contributed by atoms with van der Waals surface area (Å²) in [7, 11) is 0. The van der Waals surface area contributed by atoms with Crippen molar-refractivity contribution in [2.24, 2.45) is 0 Å².